The molecule has 142 valence electrons. The number of hydrogen-bond donors (Lipinski definition) is 2. The molecule has 0 bridgehead atoms. The maximum atomic E-state index is 4.76. The monoisotopic (exact) mass is 486 g/mol. The van der Waals surface area contributed by atoms with Crippen molar-refractivity contribution in [3.63, 3.8) is 0 Å². The van der Waals surface area contributed by atoms with Crippen molar-refractivity contribution in [1.29, 1.82) is 0 Å². The summed E-state index contributed by atoms with van der Waals surface area (Å²) in [7, 11) is 0. The predicted octanol–water partition coefficient (Wildman–Crippen LogP) is 3.22. The minimum absolute atomic E-state index is 0. The lowest BCUT2D eigenvalue weighted by Gasteiger charge is -2.17. The highest BCUT2D eigenvalue weighted by Gasteiger charge is 2.24. The lowest BCUT2D eigenvalue weighted by Crippen LogP contribution is -2.42. The Kier molecular flexibility index (Phi) is 8.70. The highest BCUT2D eigenvalue weighted by atomic mass is 127. The van der Waals surface area contributed by atoms with Crippen LogP contribution >= 0.6 is 35.7 Å². The second kappa shape index (κ2) is 10.8. The molecule has 1 aliphatic rings. The molecule has 2 unspecified atom stereocenters. The van der Waals surface area contributed by atoms with E-state index in [-0.39, 0.29) is 24.0 Å². The van der Waals surface area contributed by atoms with E-state index in [1.54, 1.807) is 12.5 Å². The number of nitrogens with zero attached hydrogens (tertiary/aromatic N) is 4. The maximum absolute atomic E-state index is 4.76. The lowest BCUT2D eigenvalue weighted by atomic mass is 10.2. The van der Waals surface area contributed by atoms with Crippen molar-refractivity contribution in [3.8, 4) is 5.82 Å². The molecule has 0 saturated heterocycles. The molecule has 1 fully saturated rings. The van der Waals surface area contributed by atoms with Crippen LogP contribution in [-0.4, -0.2) is 44.6 Å². The maximum Gasteiger partial charge on any atom is 0.191 e. The summed E-state index contributed by atoms with van der Waals surface area (Å²) < 4.78 is 1.90. The molecule has 1 aliphatic carbocycles. The van der Waals surface area contributed by atoms with E-state index in [9.17, 15) is 0 Å². The first kappa shape index (κ1) is 21.0. The summed E-state index contributed by atoms with van der Waals surface area (Å²) in [5.41, 5.74) is 1.13. The first-order valence-corrected chi connectivity index (χ1v) is 10.1. The van der Waals surface area contributed by atoms with Gasteiger partial charge in [-0.05, 0) is 50.1 Å². The van der Waals surface area contributed by atoms with Crippen LogP contribution in [0.15, 0.2) is 42.0 Å². The van der Waals surface area contributed by atoms with Gasteiger partial charge in [-0.2, -0.15) is 11.8 Å². The standard InChI is InChI=1S/C18H26N6S.HI/c1-3-20-18(23-15-4-5-16(11-15)25-2)22-12-14-6-7-21-17(10-14)24-9-8-19-13-24;/h6-10,13,15-16H,3-5,11-12H2,1-2H3,(H2,20,22,23);1H. The molecule has 0 radical (unpaired) electrons. The van der Waals surface area contributed by atoms with Crippen molar-refractivity contribution in [2.75, 3.05) is 12.8 Å². The van der Waals surface area contributed by atoms with Crippen LogP contribution in [0.5, 0.6) is 0 Å². The summed E-state index contributed by atoms with van der Waals surface area (Å²) >= 11 is 1.97. The predicted molar refractivity (Wildman–Crippen MR) is 120 cm³/mol. The number of aliphatic imine (C=N–C) groups is 1. The number of aromatic nitrogens is 3. The Balaban J connectivity index is 0.00000243. The van der Waals surface area contributed by atoms with Crippen LogP contribution in [-0.2, 0) is 6.54 Å². The van der Waals surface area contributed by atoms with E-state index in [0.29, 0.717) is 12.6 Å². The fraction of sp³-hybridized carbons (Fsp3) is 0.500. The van der Waals surface area contributed by atoms with Crippen molar-refractivity contribution in [3.05, 3.63) is 42.6 Å². The summed E-state index contributed by atoms with van der Waals surface area (Å²) in [6.45, 7) is 3.58. The number of pyridine rings is 1. The fourth-order valence-electron chi connectivity index (χ4n) is 3.06. The second-order valence-electron chi connectivity index (χ2n) is 6.20. The minimum Gasteiger partial charge on any atom is -0.357 e. The Morgan fingerprint density at radius 3 is 2.96 bits per heavy atom. The SMILES string of the molecule is CCNC(=NCc1ccnc(-n2ccnc2)c1)NC1CCC(SC)C1.I. The van der Waals surface area contributed by atoms with Gasteiger partial charge in [0.2, 0.25) is 0 Å². The minimum atomic E-state index is 0. The smallest absolute Gasteiger partial charge is 0.191 e. The van der Waals surface area contributed by atoms with Crippen LogP contribution in [0.1, 0.15) is 31.7 Å². The summed E-state index contributed by atoms with van der Waals surface area (Å²) in [4.78, 5) is 13.2. The number of rotatable bonds is 6. The quantitative estimate of drug-likeness (QED) is 0.373. The summed E-state index contributed by atoms with van der Waals surface area (Å²) in [6, 6.07) is 4.58. The molecule has 0 amide bonds. The Bertz CT molecular complexity index is 691. The Morgan fingerprint density at radius 1 is 1.38 bits per heavy atom. The fourth-order valence-corrected chi connectivity index (χ4v) is 3.86. The van der Waals surface area contributed by atoms with Crippen LogP contribution in [0.25, 0.3) is 5.82 Å². The van der Waals surface area contributed by atoms with E-state index >= 15 is 0 Å². The number of nitrogens with one attached hydrogen (secondary N) is 2. The highest BCUT2D eigenvalue weighted by molar-refractivity contribution is 14.0. The van der Waals surface area contributed by atoms with Gasteiger partial charge in [-0.1, -0.05) is 0 Å². The van der Waals surface area contributed by atoms with Crippen LogP contribution < -0.4 is 10.6 Å². The van der Waals surface area contributed by atoms with Gasteiger partial charge in [0.1, 0.15) is 12.1 Å². The van der Waals surface area contributed by atoms with Crippen molar-refractivity contribution < 1.29 is 0 Å². The van der Waals surface area contributed by atoms with Gasteiger partial charge in [0.15, 0.2) is 5.96 Å². The average molecular weight is 486 g/mol. The molecule has 2 heterocycles. The first-order chi connectivity index (χ1) is 12.3. The van der Waals surface area contributed by atoms with E-state index in [2.05, 4.69) is 33.8 Å². The van der Waals surface area contributed by atoms with Crippen molar-refractivity contribution in [2.45, 2.75) is 44.0 Å². The third-order valence-electron chi connectivity index (χ3n) is 4.40. The van der Waals surface area contributed by atoms with Crippen LogP contribution in [0.2, 0.25) is 0 Å². The zero-order valence-corrected chi connectivity index (χ0v) is 18.4. The largest absolute Gasteiger partial charge is 0.357 e. The van der Waals surface area contributed by atoms with E-state index in [4.69, 9.17) is 4.99 Å². The molecule has 1 saturated carbocycles. The molecule has 26 heavy (non-hydrogen) atoms. The van der Waals surface area contributed by atoms with Gasteiger partial charge in [-0.3, -0.25) is 4.57 Å². The molecule has 0 spiro atoms. The van der Waals surface area contributed by atoms with Crippen LogP contribution in [0.4, 0.5) is 0 Å². The molecule has 2 N–H and O–H groups in total. The Hall–Kier alpha value is -1.29. The van der Waals surface area contributed by atoms with Crippen LogP contribution in [0.3, 0.4) is 0 Å². The zero-order valence-electron chi connectivity index (χ0n) is 15.3. The van der Waals surface area contributed by atoms with Gasteiger partial charge in [-0.15, -0.1) is 24.0 Å². The van der Waals surface area contributed by atoms with Gasteiger partial charge >= 0.3 is 0 Å². The zero-order chi connectivity index (χ0) is 17.5. The first-order valence-electron chi connectivity index (χ1n) is 8.79. The average Bonchev–Trinajstić information content (AvgIpc) is 3.32. The summed E-state index contributed by atoms with van der Waals surface area (Å²) in [5.74, 6) is 1.76. The third-order valence-corrected chi connectivity index (χ3v) is 5.50. The molecule has 2 aromatic rings. The van der Waals surface area contributed by atoms with Gasteiger partial charge in [0.05, 0.1) is 6.54 Å². The Labute approximate surface area is 176 Å². The third kappa shape index (κ3) is 5.87. The summed E-state index contributed by atoms with van der Waals surface area (Å²) in [5, 5.41) is 7.72. The number of thioether (sulfide) groups is 1. The second-order valence-corrected chi connectivity index (χ2v) is 7.34. The van der Waals surface area contributed by atoms with Gasteiger partial charge < -0.3 is 10.6 Å². The lowest BCUT2D eigenvalue weighted by molar-refractivity contribution is 0.615. The molecular formula is C18H27IN6S. The number of halogens is 1. The van der Waals surface area contributed by atoms with E-state index in [1.165, 1.54) is 19.3 Å². The van der Waals surface area contributed by atoms with Crippen molar-refractivity contribution in [1.82, 2.24) is 25.2 Å². The van der Waals surface area contributed by atoms with E-state index in [1.807, 2.05) is 40.9 Å². The van der Waals surface area contributed by atoms with Crippen LogP contribution in [0, 0.1) is 0 Å². The highest BCUT2D eigenvalue weighted by Crippen LogP contribution is 2.28. The number of hydrogen-bond acceptors (Lipinski definition) is 4. The van der Waals surface area contributed by atoms with Gasteiger partial charge in [0, 0.05) is 36.4 Å². The van der Waals surface area contributed by atoms with Crippen molar-refractivity contribution in [2.24, 2.45) is 4.99 Å². The van der Waals surface area contributed by atoms with Gasteiger partial charge in [0.25, 0.3) is 0 Å². The number of imidazole rings is 1. The molecule has 2 atom stereocenters. The molecule has 6 nitrogen and oxygen atoms in total. The van der Waals surface area contributed by atoms with Gasteiger partial charge in [-0.25, -0.2) is 15.0 Å². The molecule has 2 aromatic heterocycles. The van der Waals surface area contributed by atoms with E-state index in [0.717, 1.165) is 29.1 Å². The molecule has 0 aliphatic heterocycles. The molecular weight excluding hydrogens is 459 g/mol. The van der Waals surface area contributed by atoms with Crippen molar-refractivity contribution >= 4 is 41.7 Å². The number of guanidine groups is 1. The Morgan fingerprint density at radius 2 is 2.27 bits per heavy atom. The molecule has 8 heteroatoms. The normalized spacial score (nSPS) is 19.8. The molecule has 0 aromatic carbocycles. The topological polar surface area (TPSA) is 67.1 Å². The van der Waals surface area contributed by atoms with E-state index < -0.39 is 0 Å². The molecule has 3 rings (SSSR count). The summed E-state index contributed by atoms with van der Waals surface area (Å²) in [6.07, 6.45) is 13.1.